The Morgan fingerprint density at radius 3 is 2.78 bits per heavy atom. The van der Waals surface area contributed by atoms with Gasteiger partial charge in [-0.15, -0.1) is 0 Å². The predicted molar refractivity (Wildman–Crippen MR) is 157 cm³/mol. The highest BCUT2D eigenvalue weighted by atomic mass is 19.1. The number of hydrogen-bond donors (Lipinski definition) is 3. The number of imidazole rings is 1. The van der Waals surface area contributed by atoms with Gasteiger partial charge in [-0.1, -0.05) is 19.9 Å². The maximum Gasteiger partial charge on any atom is 0.240 e. The molecule has 2 atom stereocenters. The van der Waals surface area contributed by atoms with E-state index in [0.717, 1.165) is 71.6 Å². The van der Waals surface area contributed by atoms with Gasteiger partial charge in [-0.2, -0.15) is 5.10 Å². The molecule has 0 spiro atoms. The van der Waals surface area contributed by atoms with Gasteiger partial charge in [0.05, 0.1) is 22.9 Å². The van der Waals surface area contributed by atoms with Crippen LogP contribution in [-0.4, -0.2) is 91.2 Å². The molecule has 1 saturated heterocycles. The first-order valence-corrected chi connectivity index (χ1v) is 14.6. The molecule has 2 aliphatic rings. The van der Waals surface area contributed by atoms with Crippen LogP contribution in [0.4, 0.5) is 4.39 Å². The lowest BCUT2D eigenvalue weighted by Crippen LogP contribution is -2.58. The van der Waals surface area contributed by atoms with Crippen LogP contribution in [0.25, 0.3) is 33.5 Å². The van der Waals surface area contributed by atoms with Crippen molar-refractivity contribution in [2.24, 2.45) is 0 Å². The number of carbonyl (C=O) groups excluding carboxylic acids is 1. The molecule has 1 unspecified atom stereocenters. The number of benzene rings is 2. The topological polar surface area (TPSA) is 104 Å². The molecule has 0 radical (unpaired) electrons. The molecule has 2 aromatic heterocycles. The average Bonchev–Trinajstić information content (AvgIpc) is 3.58. The Balaban J connectivity index is 1.29. The SMILES string of the molecule is CCCN1Cc2[nH]c(-c3n[nH]c4cc(-c5cc(F)c(O)cc5CC)ccc34)nc2CC1C(=O)N1CCN(C)[C@H](C)C1. The van der Waals surface area contributed by atoms with Gasteiger partial charge in [0.25, 0.3) is 0 Å². The fourth-order valence-electron chi connectivity index (χ4n) is 6.24. The number of carbonyl (C=O) groups is 1. The fourth-order valence-corrected chi connectivity index (χ4v) is 6.24. The molecule has 1 fully saturated rings. The van der Waals surface area contributed by atoms with E-state index in [-0.39, 0.29) is 17.7 Å². The van der Waals surface area contributed by atoms with Crippen molar-refractivity contribution in [3.05, 3.63) is 53.1 Å². The van der Waals surface area contributed by atoms with Gasteiger partial charge in [0, 0.05) is 44.0 Å². The first-order chi connectivity index (χ1) is 19.8. The lowest BCUT2D eigenvalue weighted by molar-refractivity contribution is -0.140. The summed E-state index contributed by atoms with van der Waals surface area (Å²) in [4.78, 5) is 28.8. The zero-order chi connectivity index (χ0) is 28.8. The highest BCUT2D eigenvalue weighted by molar-refractivity contribution is 5.94. The number of nitrogens with zero attached hydrogens (tertiary/aromatic N) is 5. The van der Waals surface area contributed by atoms with Gasteiger partial charge in [-0.3, -0.25) is 14.8 Å². The summed E-state index contributed by atoms with van der Waals surface area (Å²) in [6.45, 7) is 10.2. The number of piperazine rings is 1. The Bertz CT molecular complexity index is 1590. The van der Waals surface area contributed by atoms with Crippen LogP contribution in [-0.2, 0) is 24.2 Å². The van der Waals surface area contributed by atoms with E-state index in [1.165, 1.54) is 12.1 Å². The Morgan fingerprint density at radius 1 is 1.20 bits per heavy atom. The van der Waals surface area contributed by atoms with Crippen molar-refractivity contribution in [2.45, 2.75) is 58.7 Å². The monoisotopic (exact) mass is 559 g/mol. The lowest BCUT2D eigenvalue weighted by atomic mass is 9.96. The zero-order valence-corrected chi connectivity index (χ0v) is 24.2. The molecule has 2 aromatic carbocycles. The highest BCUT2D eigenvalue weighted by Gasteiger charge is 2.37. The Kier molecular flexibility index (Phi) is 7.29. The molecule has 10 heteroatoms. The predicted octanol–water partition coefficient (Wildman–Crippen LogP) is 4.33. The Hall–Kier alpha value is -3.76. The molecule has 9 nitrogen and oxygen atoms in total. The summed E-state index contributed by atoms with van der Waals surface area (Å²) in [5, 5.41) is 18.4. The minimum Gasteiger partial charge on any atom is -0.505 e. The van der Waals surface area contributed by atoms with E-state index in [1.54, 1.807) is 0 Å². The van der Waals surface area contributed by atoms with E-state index in [9.17, 15) is 14.3 Å². The average molecular weight is 560 g/mol. The number of nitrogens with one attached hydrogen (secondary N) is 2. The van der Waals surface area contributed by atoms with Gasteiger partial charge in [0.2, 0.25) is 5.91 Å². The third-order valence-corrected chi connectivity index (χ3v) is 8.77. The summed E-state index contributed by atoms with van der Waals surface area (Å²) < 4.78 is 14.2. The third-order valence-electron chi connectivity index (χ3n) is 8.77. The summed E-state index contributed by atoms with van der Waals surface area (Å²) in [7, 11) is 2.11. The normalized spacial score (nSPS) is 20.1. The van der Waals surface area contributed by atoms with Crippen molar-refractivity contribution >= 4 is 16.8 Å². The molecular weight excluding hydrogens is 521 g/mol. The fraction of sp³-hybridized carbons (Fsp3) is 0.452. The minimum absolute atomic E-state index is 0.198. The molecule has 216 valence electrons. The number of phenolic OH excluding ortho intramolecular Hbond substituents is 1. The van der Waals surface area contributed by atoms with Gasteiger partial charge in [-0.05, 0) is 74.3 Å². The maximum absolute atomic E-state index is 14.2. The number of aromatic amines is 2. The van der Waals surface area contributed by atoms with Crippen molar-refractivity contribution in [1.29, 1.82) is 0 Å². The number of rotatable bonds is 6. The van der Waals surface area contributed by atoms with Crippen LogP contribution in [0.3, 0.4) is 0 Å². The largest absolute Gasteiger partial charge is 0.505 e. The minimum atomic E-state index is -0.639. The number of hydrogen-bond acceptors (Lipinski definition) is 6. The molecule has 3 N–H and O–H groups in total. The number of aromatic nitrogens is 4. The number of H-pyrrole nitrogens is 2. The number of amides is 1. The first-order valence-electron chi connectivity index (χ1n) is 14.6. The van der Waals surface area contributed by atoms with E-state index in [4.69, 9.17) is 4.98 Å². The van der Waals surface area contributed by atoms with Crippen LogP contribution in [0.5, 0.6) is 5.75 Å². The van der Waals surface area contributed by atoms with Crippen molar-refractivity contribution in [3.63, 3.8) is 0 Å². The van der Waals surface area contributed by atoms with Gasteiger partial charge in [0.1, 0.15) is 5.69 Å². The second-order valence-corrected chi connectivity index (χ2v) is 11.5. The second kappa shape index (κ2) is 10.9. The third kappa shape index (κ3) is 4.99. The zero-order valence-electron chi connectivity index (χ0n) is 24.2. The summed E-state index contributed by atoms with van der Waals surface area (Å²) in [6, 6.07) is 8.88. The molecular formula is C31H38FN7O2. The Morgan fingerprint density at radius 2 is 2.02 bits per heavy atom. The number of phenols is 1. The van der Waals surface area contributed by atoms with Crippen LogP contribution in [0.15, 0.2) is 30.3 Å². The van der Waals surface area contributed by atoms with Gasteiger partial charge < -0.3 is 19.9 Å². The van der Waals surface area contributed by atoms with Gasteiger partial charge >= 0.3 is 0 Å². The number of aryl methyl sites for hydroxylation is 1. The second-order valence-electron chi connectivity index (χ2n) is 11.5. The highest BCUT2D eigenvalue weighted by Crippen LogP contribution is 2.34. The molecule has 4 aromatic rings. The van der Waals surface area contributed by atoms with E-state index < -0.39 is 5.82 Å². The van der Waals surface area contributed by atoms with Gasteiger partial charge in [-0.25, -0.2) is 9.37 Å². The van der Waals surface area contributed by atoms with Crippen LogP contribution >= 0.6 is 0 Å². The maximum atomic E-state index is 14.2. The Labute approximate surface area is 239 Å². The summed E-state index contributed by atoms with van der Waals surface area (Å²) in [5.74, 6) is -0.100. The molecule has 0 aliphatic carbocycles. The smallest absolute Gasteiger partial charge is 0.240 e. The van der Waals surface area contributed by atoms with Crippen molar-refractivity contribution < 1.29 is 14.3 Å². The lowest BCUT2D eigenvalue weighted by Gasteiger charge is -2.42. The molecule has 6 rings (SSSR count). The molecule has 41 heavy (non-hydrogen) atoms. The molecule has 2 aliphatic heterocycles. The molecule has 1 amide bonds. The van der Waals surface area contributed by atoms with Gasteiger partial charge in [0.15, 0.2) is 17.4 Å². The van der Waals surface area contributed by atoms with Crippen molar-refractivity contribution in [1.82, 2.24) is 34.9 Å². The van der Waals surface area contributed by atoms with Crippen molar-refractivity contribution in [3.8, 4) is 28.4 Å². The quantitative estimate of drug-likeness (QED) is 0.325. The van der Waals surface area contributed by atoms with E-state index in [0.29, 0.717) is 36.9 Å². The van der Waals surface area contributed by atoms with E-state index in [2.05, 4.69) is 45.9 Å². The number of fused-ring (bicyclic) bond motifs is 2. The van der Waals surface area contributed by atoms with Crippen LogP contribution in [0.2, 0.25) is 0 Å². The van der Waals surface area contributed by atoms with E-state index >= 15 is 0 Å². The van der Waals surface area contributed by atoms with Crippen molar-refractivity contribution in [2.75, 3.05) is 33.2 Å². The molecule has 4 heterocycles. The number of likely N-dealkylation sites (N-methyl/N-ethyl adjacent to an activating group) is 1. The molecule has 0 saturated carbocycles. The van der Waals surface area contributed by atoms with Crippen LogP contribution in [0.1, 0.15) is 44.1 Å². The first kappa shape index (κ1) is 27.4. The van der Waals surface area contributed by atoms with E-state index in [1.807, 2.05) is 30.0 Å². The summed E-state index contributed by atoms with van der Waals surface area (Å²) in [6.07, 6.45) is 2.21. The summed E-state index contributed by atoms with van der Waals surface area (Å²) >= 11 is 0. The number of halogens is 1. The number of aromatic hydroxyl groups is 1. The van der Waals surface area contributed by atoms with Crippen LogP contribution < -0.4 is 0 Å². The van der Waals surface area contributed by atoms with Crippen LogP contribution in [0, 0.1) is 5.82 Å². The standard InChI is InChI=1S/C31H38FN7O2/c1-5-9-38-17-26-25(15-27(38)31(41)39-11-10-37(4)18(3)16-39)33-30(34-26)29-21-8-7-20(12-24(21)35-36-29)22-14-23(32)28(40)13-19(22)6-2/h7-8,12-14,18,27,40H,5-6,9-11,15-17H2,1-4H3,(H,33,34)(H,35,36)/t18-,27?/m1/s1. The molecule has 0 bridgehead atoms. The summed E-state index contributed by atoms with van der Waals surface area (Å²) in [5.41, 5.74) is 5.94.